The Kier molecular flexibility index (Phi) is 5.18. The monoisotopic (exact) mass is 340 g/mol. The molecular weight excluding hydrogens is 320 g/mol. The number of rotatable bonds is 6. The highest BCUT2D eigenvalue weighted by Crippen LogP contribution is 2.26. The van der Waals surface area contributed by atoms with Gasteiger partial charge in [-0.05, 0) is 47.9 Å². The summed E-state index contributed by atoms with van der Waals surface area (Å²) in [5, 5.41) is 5.63. The fourth-order valence-electron chi connectivity index (χ4n) is 2.59. The van der Waals surface area contributed by atoms with E-state index in [1.54, 1.807) is 19.2 Å². The van der Waals surface area contributed by atoms with Gasteiger partial charge < -0.3 is 20.1 Å². The van der Waals surface area contributed by atoms with E-state index in [2.05, 4.69) is 10.6 Å². The van der Waals surface area contributed by atoms with Gasteiger partial charge in [0.2, 0.25) is 5.91 Å². The van der Waals surface area contributed by atoms with Crippen LogP contribution in [0.1, 0.15) is 17.5 Å². The quantitative estimate of drug-likeness (QED) is 0.846. The van der Waals surface area contributed by atoms with Crippen LogP contribution in [0, 0.1) is 0 Å². The van der Waals surface area contributed by atoms with Crippen LogP contribution in [0.4, 0.5) is 5.69 Å². The van der Waals surface area contributed by atoms with E-state index in [0.717, 1.165) is 22.6 Å². The van der Waals surface area contributed by atoms with Crippen LogP contribution in [-0.4, -0.2) is 25.5 Å². The van der Waals surface area contributed by atoms with Crippen molar-refractivity contribution in [3.05, 3.63) is 53.6 Å². The number of amides is 2. The van der Waals surface area contributed by atoms with Gasteiger partial charge in [0.05, 0.1) is 7.11 Å². The van der Waals surface area contributed by atoms with Crippen LogP contribution in [-0.2, 0) is 22.6 Å². The van der Waals surface area contributed by atoms with Crippen molar-refractivity contribution in [2.45, 2.75) is 19.4 Å². The number of nitrogens with one attached hydrogen (secondary N) is 2. The van der Waals surface area contributed by atoms with Crippen LogP contribution in [0.5, 0.6) is 11.5 Å². The lowest BCUT2D eigenvalue weighted by Gasteiger charge is -2.17. The molecule has 0 bridgehead atoms. The highest BCUT2D eigenvalue weighted by Gasteiger charge is 2.15. The molecule has 0 saturated heterocycles. The van der Waals surface area contributed by atoms with Gasteiger partial charge in [-0.1, -0.05) is 12.1 Å². The van der Waals surface area contributed by atoms with Crippen LogP contribution in [0.25, 0.3) is 0 Å². The van der Waals surface area contributed by atoms with Crippen molar-refractivity contribution in [2.75, 3.05) is 19.0 Å². The molecule has 25 heavy (non-hydrogen) atoms. The van der Waals surface area contributed by atoms with Crippen molar-refractivity contribution in [2.24, 2.45) is 0 Å². The Morgan fingerprint density at radius 1 is 1.12 bits per heavy atom. The largest absolute Gasteiger partial charge is 0.497 e. The molecule has 3 rings (SSSR count). The third-order valence-electron chi connectivity index (χ3n) is 3.99. The second kappa shape index (κ2) is 7.70. The summed E-state index contributed by atoms with van der Waals surface area (Å²) in [5.74, 6) is 1.23. The van der Waals surface area contributed by atoms with E-state index in [-0.39, 0.29) is 18.4 Å². The maximum absolute atomic E-state index is 11.9. The summed E-state index contributed by atoms with van der Waals surface area (Å²) in [6, 6.07) is 12.9. The van der Waals surface area contributed by atoms with Crippen molar-refractivity contribution < 1.29 is 19.1 Å². The van der Waals surface area contributed by atoms with Gasteiger partial charge in [0.15, 0.2) is 6.61 Å². The highest BCUT2D eigenvalue weighted by molar-refractivity contribution is 5.94. The number of carbonyl (C=O) groups excluding carboxylic acids is 2. The van der Waals surface area contributed by atoms with Crippen LogP contribution >= 0.6 is 0 Å². The Balaban J connectivity index is 1.48. The maximum atomic E-state index is 11.9. The second-order valence-electron chi connectivity index (χ2n) is 5.78. The van der Waals surface area contributed by atoms with Gasteiger partial charge in [0, 0.05) is 18.7 Å². The first-order valence-corrected chi connectivity index (χ1v) is 8.09. The van der Waals surface area contributed by atoms with Crippen LogP contribution in [0.2, 0.25) is 0 Å². The van der Waals surface area contributed by atoms with Gasteiger partial charge in [0.25, 0.3) is 5.91 Å². The van der Waals surface area contributed by atoms with Gasteiger partial charge in [0.1, 0.15) is 11.5 Å². The van der Waals surface area contributed by atoms with Crippen LogP contribution < -0.4 is 20.1 Å². The minimum Gasteiger partial charge on any atom is -0.497 e. The van der Waals surface area contributed by atoms with Crippen molar-refractivity contribution in [3.8, 4) is 11.5 Å². The standard InChI is InChI=1S/C19H20N2O4/c1-24-15-5-2-13(3-6-15)11-20-19(23)12-25-16-7-8-17-14(10-16)4-9-18(22)21-17/h2-3,5-8,10H,4,9,11-12H2,1H3,(H,20,23)(H,21,22). The van der Waals surface area contributed by atoms with Crippen molar-refractivity contribution >= 4 is 17.5 Å². The summed E-state index contributed by atoms with van der Waals surface area (Å²) in [7, 11) is 1.61. The summed E-state index contributed by atoms with van der Waals surface area (Å²) >= 11 is 0. The zero-order valence-corrected chi connectivity index (χ0v) is 14.0. The molecule has 1 aliphatic heterocycles. The van der Waals surface area contributed by atoms with Crippen molar-refractivity contribution in [1.82, 2.24) is 5.32 Å². The number of hydrogen-bond donors (Lipinski definition) is 2. The molecule has 0 saturated carbocycles. The predicted octanol–water partition coefficient (Wildman–Crippen LogP) is 2.28. The molecule has 1 heterocycles. The lowest BCUT2D eigenvalue weighted by molar-refractivity contribution is -0.123. The summed E-state index contributed by atoms with van der Waals surface area (Å²) in [4.78, 5) is 23.3. The summed E-state index contributed by atoms with van der Waals surface area (Å²) in [6.07, 6.45) is 1.15. The summed E-state index contributed by atoms with van der Waals surface area (Å²) in [5.41, 5.74) is 2.82. The number of methoxy groups -OCH3 is 1. The third kappa shape index (κ3) is 4.50. The number of anilines is 1. The Hall–Kier alpha value is -3.02. The Morgan fingerprint density at radius 2 is 1.88 bits per heavy atom. The fourth-order valence-corrected chi connectivity index (χ4v) is 2.59. The number of fused-ring (bicyclic) bond motifs is 1. The minimum absolute atomic E-state index is 0.0269. The molecule has 0 fully saturated rings. The predicted molar refractivity (Wildman–Crippen MR) is 93.7 cm³/mol. The molecule has 2 aromatic carbocycles. The van der Waals surface area contributed by atoms with Crippen LogP contribution in [0.3, 0.4) is 0 Å². The van der Waals surface area contributed by atoms with Gasteiger partial charge in [-0.25, -0.2) is 0 Å². The third-order valence-corrected chi connectivity index (χ3v) is 3.99. The van der Waals surface area contributed by atoms with E-state index in [9.17, 15) is 9.59 Å². The number of hydrogen-bond acceptors (Lipinski definition) is 4. The molecule has 2 amide bonds. The first kappa shape index (κ1) is 16.8. The minimum atomic E-state index is -0.193. The average Bonchev–Trinajstić information content (AvgIpc) is 2.65. The molecule has 0 radical (unpaired) electrons. The SMILES string of the molecule is COc1ccc(CNC(=O)COc2ccc3c(c2)CCC(=O)N3)cc1. The lowest BCUT2D eigenvalue weighted by Crippen LogP contribution is -2.28. The number of carbonyl (C=O) groups is 2. The molecule has 0 spiro atoms. The number of aryl methyl sites for hydroxylation is 1. The molecule has 6 heteroatoms. The highest BCUT2D eigenvalue weighted by atomic mass is 16.5. The van der Waals surface area contributed by atoms with Crippen molar-refractivity contribution in [3.63, 3.8) is 0 Å². The summed E-state index contributed by atoms with van der Waals surface area (Å²) < 4.78 is 10.6. The fraction of sp³-hybridized carbons (Fsp3) is 0.263. The van der Waals surface area contributed by atoms with E-state index in [1.807, 2.05) is 30.3 Å². The smallest absolute Gasteiger partial charge is 0.258 e. The normalized spacial score (nSPS) is 12.8. The molecule has 2 N–H and O–H groups in total. The number of ether oxygens (including phenoxy) is 2. The maximum Gasteiger partial charge on any atom is 0.258 e. The number of benzene rings is 2. The van der Waals surface area contributed by atoms with Crippen molar-refractivity contribution in [1.29, 1.82) is 0 Å². The first-order chi connectivity index (χ1) is 12.1. The zero-order valence-electron chi connectivity index (χ0n) is 14.0. The van der Waals surface area contributed by atoms with Gasteiger partial charge >= 0.3 is 0 Å². The summed E-state index contributed by atoms with van der Waals surface area (Å²) in [6.45, 7) is 0.379. The Labute approximate surface area is 146 Å². The van der Waals surface area contributed by atoms with E-state index < -0.39 is 0 Å². The lowest BCUT2D eigenvalue weighted by atomic mass is 10.0. The van der Waals surface area contributed by atoms with E-state index in [1.165, 1.54) is 0 Å². The zero-order chi connectivity index (χ0) is 17.6. The van der Waals surface area contributed by atoms with Gasteiger partial charge in [-0.3, -0.25) is 9.59 Å². The molecule has 0 atom stereocenters. The topological polar surface area (TPSA) is 76.7 Å². The molecule has 2 aromatic rings. The van der Waals surface area contributed by atoms with E-state index in [4.69, 9.17) is 9.47 Å². The Morgan fingerprint density at radius 3 is 2.64 bits per heavy atom. The molecule has 0 unspecified atom stereocenters. The molecule has 1 aliphatic rings. The molecule has 130 valence electrons. The molecule has 0 aliphatic carbocycles. The molecule has 6 nitrogen and oxygen atoms in total. The molecule has 0 aromatic heterocycles. The van der Waals surface area contributed by atoms with Gasteiger partial charge in [-0.2, -0.15) is 0 Å². The Bertz CT molecular complexity index is 771. The first-order valence-electron chi connectivity index (χ1n) is 8.09. The molecular formula is C19H20N2O4. The van der Waals surface area contributed by atoms with E-state index >= 15 is 0 Å². The van der Waals surface area contributed by atoms with Crippen LogP contribution in [0.15, 0.2) is 42.5 Å². The average molecular weight is 340 g/mol. The van der Waals surface area contributed by atoms with Gasteiger partial charge in [-0.15, -0.1) is 0 Å². The second-order valence-corrected chi connectivity index (χ2v) is 5.78. The van der Waals surface area contributed by atoms with E-state index in [0.29, 0.717) is 25.1 Å².